The lowest BCUT2D eigenvalue weighted by molar-refractivity contribution is -0.114. The van der Waals surface area contributed by atoms with Gasteiger partial charge in [-0.25, -0.2) is 0 Å². The van der Waals surface area contributed by atoms with E-state index in [0.717, 1.165) is 14.7 Å². The number of ketones is 1. The van der Waals surface area contributed by atoms with Crippen molar-refractivity contribution in [1.82, 2.24) is 0 Å². The number of benzene rings is 3. The molecule has 3 rings (SSSR count). The summed E-state index contributed by atoms with van der Waals surface area (Å²) in [5.74, 6) is 0.727. The van der Waals surface area contributed by atoms with Gasteiger partial charge in [0.1, 0.15) is 4.58 Å². The fourth-order valence-corrected chi connectivity index (χ4v) is 5.59. The summed E-state index contributed by atoms with van der Waals surface area (Å²) in [6.07, 6.45) is 0. The molecule has 0 heterocycles. The number of hydrogen-bond donors (Lipinski definition) is 0. The van der Waals surface area contributed by atoms with Gasteiger partial charge < -0.3 is 0 Å². The maximum absolute atomic E-state index is 12.9. The van der Waals surface area contributed by atoms with Crippen LogP contribution >= 0.6 is 35.3 Å². The monoisotopic (exact) mass is 382 g/mol. The van der Waals surface area contributed by atoms with Crippen molar-refractivity contribution in [2.24, 2.45) is 0 Å². The quantitative estimate of drug-likeness (QED) is 0.338. The van der Waals surface area contributed by atoms with Crippen LogP contribution in [0.15, 0.2) is 106 Å². The summed E-state index contributed by atoms with van der Waals surface area (Å²) < 4.78 is -0.152. The first-order chi connectivity index (χ1) is 12.3. The van der Waals surface area contributed by atoms with Crippen molar-refractivity contribution < 1.29 is 4.79 Å². The zero-order chi connectivity index (χ0) is 17.3. The van der Waals surface area contributed by atoms with Crippen molar-refractivity contribution in [3.05, 3.63) is 91.0 Å². The third kappa shape index (κ3) is 5.99. The largest absolute Gasteiger partial charge is 0.297 e. The van der Waals surface area contributed by atoms with Crippen molar-refractivity contribution in [2.45, 2.75) is 19.3 Å². The lowest BCUT2D eigenvalue weighted by atomic mass is 10.4. The molecule has 3 aromatic rings. The van der Waals surface area contributed by atoms with Gasteiger partial charge in [0.15, 0.2) is 5.78 Å². The molecule has 1 nitrogen and oxygen atoms in total. The average molecular weight is 383 g/mol. The summed E-state index contributed by atoms with van der Waals surface area (Å²) in [6.45, 7) is 0. The highest BCUT2D eigenvalue weighted by Crippen LogP contribution is 2.37. The fourth-order valence-electron chi connectivity index (χ4n) is 2.14. The third-order valence-corrected chi connectivity index (χ3v) is 7.01. The Labute approximate surface area is 161 Å². The Kier molecular flexibility index (Phi) is 7.10. The topological polar surface area (TPSA) is 17.1 Å². The lowest BCUT2D eigenvalue weighted by Crippen LogP contribution is -2.15. The van der Waals surface area contributed by atoms with E-state index in [1.54, 1.807) is 35.3 Å². The van der Waals surface area contributed by atoms with Crippen LogP contribution in [0.25, 0.3) is 0 Å². The minimum atomic E-state index is -0.152. The van der Waals surface area contributed by atoms with Crippen molar-refractivity contribution in [1.29, 1.82) is 0 Å². The van der Waals surface area contributed by atoms with Gasteiger partial charge in [-0.1, -0.05) is 54.6 Å². The highest BCUT2D eigenvalue weighted by Gasteiger charge is 2.21. The molecule has 0 aliphatic rings. The Morgan fingerprint density at radius 2 is 1.04 bits per heavy atom. The van der Waals surface area contributed by atoms with Crippen LogP contribution < -0.4 is 0 Å². The van der Waals surface area contributed by atoms with Crippen LogP contribution in [-0.2, 0) is 4.79 Å². The smallest absolute Gasteiger partial charge is 0.166 e. The summed E-state index contributed by atoms with van der Waals surface area (Å²) in [5, 5.41) is 0. The molecule has 0 saturated heterocycles. The van der Waals surface area contributed by atoms with Crippen LogP contribution in [-0.4, -0.2) is 16.1 Å². The number of rotatable bonds is 8. The van der Waals surface area contributed by atoms with Gasteiger partial charge in [0, 0.05) is 14.7 Å². The van der Waals surface area contributed by atoms with Crippen LogP contribution in [0.4, 0.5) is 0 Å². The number of carbonyl (C=O) groups is 1. The molecule has 0 N–H and O–H groups in total. The predicted octanol–water partition coefficient (Wildman–Crippen LogP) is 6.26. The Balaban J connectivity index is 1.69. The van der Waals surface area contributed by atoms with E-state index in [1.165, 1.54) is 0 Å². The summed E-state index contributed by atoms with van der Waals surface area (Å²) in [4.78, 5) is 16.2. The first kappa shape index (κ1) is 18.2. The standard InChI is InChI=1S/C21H18OS3/c22-20(16-23-17-10-4-1-5-11-17)21(24-18-12-6-2-7-13-18)25-19-14-8-3-9-15-19/h1-15,21H,16H2. The molecule has 0 amide bonds. The van der Waals surface area contributed by atoms with E-state index >= 15 is 0 Å². The van der Waals surface area contributed by atoms with Gasteiger partial charge >= 0.3 is 0 Å². The first-order valence-electron chi connectivity index (χ1n) is 7.95. The molecule has 0 spiro atoms. The van der Waals surface area contributed by atoms with E-state index in [9.17, 15) is 4.79 Å². The molecule has 0 atom stereocenters. The Bertz CT molecular complexity index is 735. The lowest BCUT2D eigenvalue weighted by Gasteiger charge is -2.15. The highest BCUT2D eigenvalue weighted by atomic mass is 32.2. The predicted molar refractivity (Wildman–Crippen MR) is 111 cm³/mol. The van der Waals surface area contributed by atoms with Crippen LogP contribution in [0.2, 0.25) is 0 Å². The van der Waals surface area contributed by atoms with E-state index in [1.807, 2.05) is 66.7 Å². The molecule has 0 radical (unpaired) electrons. The van der Waals surface area contributed by atoms with Crippen molar-refractivity contribution in [2.75, 3.05) is 5.75 Å². The molecule has 3 aromatic carbocycles. The van der Waals surface area contributed by atoms with Crippen LogP contribution in [0.1, 0.15) is 0 Å². The third-order valence-electron chi connectivity index (χ3n) is 3.36. The van der Waals surface area contributed by atoms with Crippen LogP contribution in [0, 0.1) is 0 Å². The summed E-state index contributed by atoms with van der Waals surface area (Å²) >= 11 is 4.86. The summed E-state index contributed by atoms with van der Waals surface area (Å²) in [5.41, 5.74) is 0. The fraction of sp³-hybridized carbons (Fsp3) is 0.0952. The molecule has 4 heteroatoms. The number of hydrogen-bond acceptors (Lipinski definition) is 4. The van der Waals surface area contributed by atoms with E-state index in [0.29, 0.717) is 5.75 Å². The molecular weight excluding hydrogens is 364 g/mol. The minimum Gasteiger partial charge on any atom is -0.297 e. The highest BCUT2D eigenvalue weighted by molar-refractivity contribution is 8.18. The van der Waals surface area contributed by atoms with Gasteiger partial charge in [-0.2, -0.15) is 0 Å². The Morgan fingerprint density at radius 3 is 1.48 bits per heavy atom. The van der Waals surface area contributed by atoms with Crippen molar-refractivity contribution in [3.63, 3.8) is 0 Å². The van der Waals surface area contributed by atoms with Gasteiger partial charge in [0.25, 0.3) is 0 Å². The number of thioether (sulfide) groups is 3. The second-order valence-corrected chi connectivity index (χ2v) is 8.97. The Hall–Kier alpha value is -1.62. The average Bonchev–Trinajstić information content (AvgIpc) is 2.68. The summed E-state index contributed by atoms with van der Waals surface area (Å²) in [7, 11) is 0. The molecule has 0 aliphatic carbocycles. The molecule has 0 saturated carbocycles. The molecule has 0 unspecified atom stereocenters. The molecule has 25 heavy (non-hydrogen) atoms. The van der Waals surface area contributed by atoms with Crippen LogP contribution in [0.3, 0.4) is 0 Å². The van der Waals surface area contributed by atoms with Gasteiger partial charge in [0.05, 0.1) is 5.75 Å². The van der Waals surface area contributed by atoms with Gasteiger partial charge in [-0.15, -0.1) is 35.3 Å². The maximum Gasteiger partial charge on any atom is 0.166 e. The molecule has 0 bridgehead atoms. The molecule has 0 fully saturated rings. The SMILES string of the molecule is O=C(CSc1ccccc1)C(Sc1ccccc1)Sc1ccccc1. The van der Waals surface area contributed by atoms with Crippen LogP contribution in [0.5, 0.6) is 0 Å². The van der Waals surface area contributed by atoms with Crippen molar-refractivity contribution in [3.8, 4) is 0 Å². The van der Waals surface area contributed by atoms with E-state index in [-0.39, 0.29) is 10.4 Å². The number of carbonyl (C=O) groups excluding carboxylic acids is 1. The maximum atomic E-state index is 12.9. The van der Waals surface area contributed by atoms with E-state index in [2.05, 4.69) is 24.3 Å². The Morgan fingerprint density at radius 1 is 0.640 bits per heavy atom. The summed E-state index contributed by atoms with van der Waals surface area (Å²) in [6, 6.07) is 30.3. The normalized spacial score (nSPS) is 10.8. The van der Waals surface area contributed by atoms with Crippen molar-refractivity contribution >= 4 is 41.1 Å². The molecule has 0 aliphatic heterocycles. The van der Waals surface area contributed by atoms with E-state index < -0.39 is 0 Å². The van der Waals surface area contributed by atoms with Gasteiger partial charge in [-0.3, -0.25) is 4.79 Å². The first-order valence-corrected chi connectivity index (χ1v) is 10.7. The second-order valence-electron chi connectivity index (χ2n) is 5.26. The van der Waals surface area contributed by atoms with Gasteiger partial charge in [0.2, 0.25) is 0 Å². The van der Waals surface area contributed by atoms with Gasteiger partial charge in [-0.05, 0) is 36.4 Å². The second kappa shape index (κ2) is 9.76. The molecule has 126 valence electrons. The molecular formula is C21H18OS3. The zero-order valence-electron chi connectivity index (χ0n) is 13.6. The zero-order valence-corrected chi connectivity index (χ0v) is 16.0. The molecule has 0 aromatic heterocycles. The van der Waals surface area contributed by atoms with E-state index in [4.69, 9.17) is 0 Å². The number of Topliss-reactive ketones (excluding diaryl/α,β-unsaturated/α-hetero) is 1. The minimum absolute atomic E-state index is 0.152.